The molecule has 0 spiro atoms. The van der Waals surface area contributed by atoms with Crippen LogP contribution in [0.1, 0.15) is 12.7 Å². The average molecular weight is 353 g/mol. The fourth-order valence-corrected chi connectivity index (χ4v) is 3.32. The molecule has 0 radical (unpaired) electrons. The van der Waals surface area contributed by atoms with E-state index < -0.39 is 0 Å². The SMILES string of the molecule is CC1CN(Cc2cc(-c3ccncc3)no2)CCN1c1ccc(F)cn1. The summed E-state index contributed by atoms with van der Waals surface area (Å²) in [5, 5.41) is 4.16. The molecule has 4 heterocycles. The molecule has 1 saturated heterocycles. The van der Waals surface area contributed by atoms with Crippen LogP contribution in [-0.2, 0) is 6.54 Å². The van der Waals surface area contributed by atoms with Crippen LogP contribution in [0, 0.1) is 5.82 Å². The smallest absolute Gasteiger partial charge is 0.151 e. The van der Waals surface area contributed by atoms with Crippen LogP contribution in [-0.4, -0.2) is 45.7 Å². The van der Waals surface area contributed by atoms with Crippen LogP contribution in [0.2, 0.25) is 0 Å². The minimum absolute atomic E-state index is 0.282. The Hall–Kier alpha value is -2.80. The van der Waals surface area contributed by atoms with Crippen molar-refractivity contribution in [1.82, 2.24) is 20.0 Å². The quantitative estimate of drug-likeness (QED) is 0.719. The van der Waals surface area contributed by atoms with E-state index in [1.165, 1.54) is 12.3 Å². The van der Waals surface area contributed by atoms with Gasteiger partial charge < -0.3 is 9.42 Å². The van der Waals surface area contributed by atoms with E-state index in [9.17, 15) is 4.39 Å². The molecule has 26 heavy (non-hydrogen) atoms. The van der Waals surface area contributed by atoms with Gasteiger partial charge in [-0.15, -0.1) is 0 Å². The maximum absolute atomic E-state index is 13.1. The van der Waals surface area contributed by atoms with E-state index in [0.717, 1.165) is 42.5 Å². The van der Waals surface area contributed by atoms with Gasteiger partial charge in [-0.05, 0) is 31.2 Å². The van der Waals surface area contributed by atoms with Crippen LogP contribution in [0.15, 0.2) is 53.4 Å². The molecule has 0 N–H and O–H groups in total. The summed E-state index contributed by atoms with van der Waals surface area (Å²) in [6, 6.07) is 9.28. The van der Waals surface area contributed by atoms with Crippen molar-refractivity contribution >= 4 is 5.82 Å². The number of pyridine rings is 2. The largest absolute Gasteiger partial charge is 0.359 e. The van der Waals surface area contributed by atoms with E-state index in [1.807, 2.05) is 18.2 Å². The third-order valence-electron chi connectivity index (χ3n) is 4.63. The summed E-state index contributed by atoms with van der Waals surface area (Å²) in [6.07, 6.45) is 4.76. The fourth-order valence-electron chi connectivity index (χ4n) is 3.32. The van der Waals surface area contributed by atoms with E-state index in [4.69, 9.17) is 4.52 Å². The molecule has 1 aliphatic heterocycles. The van der Waals surface area contributed by atoms with Gasteiger partial charge >= 0.3 is 0 Å². The first-order chi connectivity index (χ1) is 12.7. The number of aromatic nitrogens is 3. The molecular formula is C19H20FN5O. The maximum Gasteiger partial charge on any atom is 0.151 e. The Kier molecular flexibility index (Phi) is 4.62. The molecule has 1 fully saturated rings. The van der Waals surface area contributed by atoms with E-state index in [0.29, 0.717) is 6.54 Å². The van der Waals surface area contributed by atoms with Crippen LogP contribution in [0.25, 0.3) is 11.3 Å². The number of anilines is 1. The zero-order valence-corrected chi connectivity index (χ0v) is 14.5. The summed E-state index contributed by atoms with van der Waals surface area (Å²) in [7, 11) is 0. The van der Waals surface area contributed by atoms with E-state index in [-0.39, 0.29) is 11.9 Å². The third-order valence-corrected chi connectivity index (χ3v) is 4.63. The molecule has 0 amide bonds. The Morgan fingerprint density at radius 3 is 2.77 bits per heavy atom. The van der Waals surface area contributed by atoms with Gasteiger partial charge in [0.05, 0.1) is 12.7 Å². The molecule has 0 saturated carbocycles. The Bertz CT molecular complexity index is 852. The molecule has 1 aliphatic rings. The van der Waals surface area contributed by atoms with Crippen molar-refractivity contribution in [2.45, 2.75) is 19.5 Å². The van der Waals surface area contributed by atoms with Crippen molar-refractivity contribution in [2.75, 3.05) is 24.5 Å². The molecule has 3 aromatic heterocycles. The minimum atomic E-state index is -0.310. The standard InChI is InChI=1S/C19H20FN5O/c1-14-12-24(8-9-25(14)19-3-2-16(20)11-22-19)13-17-10-18(23-26-17)15-4-6-21-7-5-15/h2-7,10-11,14H,8-9,12-13H2,1H3. The molecule has 6 nitrogen and oxygen atoms in total. The molecular weight excluding hydrogens is 333 g/mol. The lowest BCUT2D eigenvalue weighted by Crippen LogP contribution is -2.51. The number of hydrogen-bond donors (Lipinski definition) is 0. The van der Waals surface area contributed by atoms with E-state index in [2.05, 4.69) is 31.8 Å². The van der Waals surface area contributed by atoms with Crippen molar-refractivity contribution in [3.8, 4) is 11.3 Å². The van der Waals surface area contributed by atoms with E-state index in [1.54, 1.807) is 18.5 Å². The molecule has 134 valence electrons. The van der Waals surface area contributed by atoms with Gasteiger partial charge in [0, 0.05) is 49.7 Å². The molecule has 0 aliphatic carbocycles. The predicted molar refractivity (Wildman–Crippen MR) is 96.0 cm³/mol. The second-order valence-corrected chi connectivity index (χ2v) is 6.53. The van der Waals surface area contributed by atoms with Gasteiger partial charge in [-0.25, -0.2) is 9.37 Å². The minimum Gasteiger partial charge on any atom is -0.359 e. The van der Waals surface area contributed by atoms with Gasteiger partial charge in [0.1, 0.15) is 17.3 Å². The summed E-state index contributed by atoms with van der Waals surface area (Å²) in [6.45, 7) is 5.47. The first-order valence-corrected chi connectivity index (χ1v) is 8.65. The first-order valence-electron chi connectivity index (χ1n) is 8.65. The van der Waals surface area contributed by atoms with Crippen LogP contribution >= 0.6 is 0 Å². The maximum atomic E-state index is 13.1. The number of piperazine rings is 1. The van der Waals surface area contributed by atoms with Gasteiger partial charge in [-0.2, -0.15) is 0 Å². The van der Waals surface area contributed by atoms with Crippen molar-refractivity contribution in [3.63, 3.8) is 0 Å². The molecule has 0 bridgehead atoms. The zero-order chi connectivity index (χ0) is 17.9. The number of rotatable bonds is 4. The average Bonchev–Trinajstić information content (AvgIpc) is 3.12. The molecule has 3 aromatic rings. The monoisotopic (exact) mass is 353 g/mol. The molecule has 1 unspecified atom stereocenters. The lowest BCUT2D eigenvalue weighted by Gasteiger charge is -2.40. The van der Waals surface area contributed by atoms with Crippen molar-refractivity contribution in [1.29, 1.82) is 0 Å². The van der Waals surface area contributed by atoms with Crippen LogP contribution in [0.4, 0.5) is 10.2 Å². The Morgan fingerprint density at radius 2 is 2.04 bits per heavy atom. The van der Waals surface area contributed by atoms with Crippen molar-refractivity contribution in [3.05, 3.63) is 60.5 Å². The van der Waals surface area contributed by atoms with Crippen molar-refractivity contribution in [2.24, 2.45) is 0 Å². The van der Waals surface area contributed by atoms with Gasteiger partial charge in [-0.3, -0.25) is 9.88 Å². The predicted octanol–water partition coefficient (Wildman–Crippen LogP) is 2.98. The lowest BCUT2D eigenvalue weighted by atomic mass is 10.1. The Morgan fingerprint density at radius 1 is 1.19 bits per heavy atom. The normalized spacial score (nSPS) is 18.2. The molecule has 1 atom stereocenters. The molecule has 7 heteroatoms. The summed E-state index contributed by atoms with van der Waals surface area (Å²) in [5.41, 5.74) is 1.82. The highest BCUT2D eigenvalue weighted by Crippen LogP contribution is 2.22. The van der Waals surface area contributed by atoms with Gasteiger partial charge in [0.2, 0.25) is 0 Å². The summed E-state index contributed by atoms with van der Waals surface area (Å²) in [5.74, 6) is 1.35. The molecule has 4 rings (SSSR count). The molecule has 0 aromatic carbocycles. The van der Waals surface area contributed by atoms with Crippen molar-refractivity contribution < 1.29 is 8.91 Å². The summed E-state index contributed by atoms with van der Waals surface area (Å²) >= 11 is 0. The summed E-state index contributed by atoms with van der Waals surface area (Å²) < 4.78 is 18.6. The van der Waals surface area contributed by atoms with Gasteiger partial charge in [-0.1, -0.05) is 5.16 Å². The number of halogens is 1. The second-order valence-electron chi connectivity index (χ2n) is 6.53. The first kappa shape index (κ1) is 16.7. The third kappa shape index (κ3) is 3.57. The van der Waals surface area contributed by atoms with Gasteiger partial charge in [0.15, 0.2) is 5.76 Å². The van der Waals surface area contributed by atoms with E-state index >= 15 is 0 Å². The van der Waals surface area contributed by atoms with Crippen LogP contribution in [0.3, 0.4) is 0 Å². The van der Waals surface area contributed by atoms with Gasteiger partial charge in [0.25, 0.3) is 0 Å². The van der Waals surface area contributed by atoms with Crippen LogP contribution in [0.5, 0.6) is 0 Å². The topological polar surface area (TPSA) is 58.3 Å². The highest BCUT2D eigenvalue weighted by molar-refractivity contribution is 5.57. The Labute approximate surface area is 151 Å². The second kappa shape index (κ2) is 7.21. The number of hydrogen-bond acceptors (Lipinski definition) is 6. The summed E-state index contributed by atoms with van der Waals surface area (Å²) in [4.78, 5) is 12.8. The highest BCUT2D eigenvalue weighted by atomic mass is 19.1. The number of nitrogens with zero attached hydrogens (tertiary/aromatic N) is 5. The highest BCUT2D eigenvalue weighted by Gasteiger charge is 2.25. The lowest BCUT2D eigenvalue weighted by molar-refractivity contribution is 0.197. The van der Waals surface area contributed by atoms with Crippen LogP contribution < -0.4 is 4.90 Å². The zero-order valence-electron chi connectivity index (χ0n) is 14.5. The fraction of sp³-hybridized carbons (Fsp3) is 0.316. The Balaban J connectivity index is 1.39.